The van der Waals surface area contributed by atoms with Crippen LogP contribution in [0.15, 0.2) is 17.4 Å². The van der Waals surface area contributed by atoms with Crippen LogP contribution in [0.4, 0.5) is 0 Å². The molecule has 1 N–H and O–H groups in total. The van der Waals surface area contributed by atoms with Crippen LogP contribution in [0, 0.1) is 0 Å². The fourth-order valence-electron chi connectivity index (χ4n) is 0.858. The van der Waals surface area contributed by atoms with Crippen LogP contribution in [0.5, 0.6) is 0 Å². The number of aromatic nitrogens is 2. The zero-order valence-corrected chi connectivity index (χ0v) is 9.32. The summed E-state index contributed by atoms with van der Waals surface area (Å²) in [6, 6.07) is 1.51. The van der Waals surface area contributed by atoms with Gasteiger partial charge in [-0.15, -0.1) is 0 Å². The van der Waals surface area contributed by atoms with Gasteiger partial charge in [-0.25, -0.2) is 9.97 Å². The first-order valence-corrected chi connectivity index (χ1v) is 5.64. The number of carbonyl (C=O) groups excluding carboxylic acids is 1. The number of hydrogen-bond acceptors (Lipinski definition) is 6. The lowest BCUT2D eigenvalue weighted by Gasteiger charge is -2.10. The predicted octanol–water partition coefficient (Wildman–Crippen LogP) is 1.14. The van der Waals surface area contributed by atoms with E-state index in [4.69, 9.17) is 4.74 Å². The van der Waals surface area contributed by atoms with Crippen LogP contribution < -0.4 is 0 Å². The second-order valence-electron chi connectivity index (χ2n) is 2.66. The first-order valence-electron chi connectivity index (χ1n) is 4.41. The van der Waals surface area contributed by atoms with E-state index in [1.807, 2.05) is 6.26 Å². The van der Waals surface area contributed by atoms with Gasteiger partial charge >= 0.3 is 5.97 Å². The summed E-state index contributed by atoms with van der Waals surface area (Å²) in [6.07, 6.45) is 2.24. The highest BCUT2D eigenvalue weighted by atomic mass is 32.2. The maximum atomic E-state index is 10.9. The summed E-state index contributed by atoms with van der Waals surface area (Å²) in [5, 5.41) is 10.0. The van der Waals surface area contributed by atoms with Crippen LogP contribution in [0.2, 0.25) is 0 Å². The molecule has 0 bridgehead atoms. The van der Waals surface area contributed by atoms with Gasteiger partial charge in [-0.3, -0.25) is 4.79 Å². The van der Waals surface area contributed by atoms with Crippen molar-refractivity contribution in [3.05, 3.63) is 18.0 Å². The van der Waals surface area contributed by atoms with Gasteiger partial charge in [0.2, 0.25) is 6.29 Å². The minimum absolute atomic E-state index is 0.220. The lowest BCUT2D eigenvalue weighted by Crippen LogP contribution is -2.11. The highest BCUT2D eigenvalue weighted by Gasteiger charge is 2.13. The van der Waals surface area contributed by atoms with Gasteiger partial charge in [-0.1, -0.05) is 18.7 Å². The molecule has 1 unspecified atom stereocenters. The van der Waals surface area contributed by atoms with Crippen LogP contribution in [0.1, 0.15) is 25.3 Å². The molecule has 5 nitrogen and oxygen atoms in total. The number of aliphatic hydroxyl groups is 1. The molecule has 0 aliphatic rings. The molecule has 1 aromatic heterocycles. The van der Waals surface area contributed by atoms with Gasteiger partial charge in [-0.2, -0.15) is 0 Å². The third kappa shape index (κ3) is 3.49. The van der Waals surface area contributed by atoms with E-state index in [1.54, 1.807) is 6.92 Å². The van der Waals surface area contributed by atoms with Crippen LogP contribution in [0.25, 0.3) is 0 Å². The van der Waals surface area contributed by atoms with Crippen molar-refractivity contribution in [2.75, 3.05) is 6.26 Å². The van der Waals surface area contributed by atoms with E-state index in [0.29, 0.717) is 5.16 Å². The molecule has 1 aromatic rings. The van der Waals surface area contributed by atoms with E-state index < -0.39 is 12.3 Å². The summed E-state index contributed by atoms with van der Waals surface area (Å²) >= 11 is 1.35. The molecule has 1 rings (SSSR count). The van der Waals surface area contributed by atoms with Crippen LogP contribution >= 0.6 is 11.8 Å². The Labute approximate surface area is 91.9 Å². The van der Waals surface area contributed by atoms with Crippen LogP contribution in [0.3, 0.4) is 0 Å². The Morgan fingerprint density at radius 3 is 3.07 bits per heavy atom. The Balaban J connectivity index is 2.72. The highest BCUT2D eigenvalue weighted by Crippen LogP contribution is 2.15. The normalized spacial score (nSPS) is 12.2. The van der Waals surface area contributed by atoms with E-state index in [0.717, 1.165) is 0 Å². The average molecular weight is 228 g/mol. The summed E-state index contributed by atoms with van der Waals surface area (Å²) in [4.78, 5) is 18.9. The fourth-order valence-corrected chi connectivity index (χ4v) is 1.22. The molecule has 0 spiro atoms. The second-order valence-corrected chi connectivity index (χ2v) is 3.44. The Kier molecular flexibility index (Phi) is 4.51. The van der Waals surface area contributed by atoms with Crippen molar-refractivity contribution < 1.29 is 14.6 Å². The zero-order chi connectivity index (χ0) is 11.3. The summed E-state index contributed by atoms with van der Waals surface area (Å²) < 4.78 is 4.70. The third-order valence-corrected chi connectivity index (χ3v) is 2.18. The van der Waals surface area contributed by atoms with Gasteiger partial charge in [-0.05, 0) is 12.3 Å². The average Bonchev–Trinajstić information content (AvgIpc) is 2.28. The van der Waals surface area contributed by atoms with Crippen molar-refractivity contribution in [2.24, 2.45) is 0 Å². The maximum absolute atomic E-state index is 10.9. The minimum Gasteiger partial charge on any atom is -0.430 e. The van der Waals surface area contributed by atoms with Gasteiger partial charge in [0.15, 0.2) is 5.16 Å². The number of ether oxygens (including phenoxy) is 1. The largest absolute Gasteiger partial charge is 0.430 e. The maximum Gasteiger partial charge on any atom is 0.308 e. The second kappa shape index (κ2) is 5.67. The number of nitrogens with zero attached hydrogens (tertiary/aromatic N) is 2. The smallest absolute Gasteiger partial charge is 0.308 e. The number of hydrogen-bond donors (Lipinski definition) is 1. The van der Waals surface area contributed by atoms with Gasteiger partial charge in [0.1, 0.15) is 5.69 Å². The quantitative estimate of drug-likeness (QED) is 0.360. The number of rotatable bonds is 4. The van der Waals surface area contributed by atoms with Gasteiger partial charge in [0.25, 0.3) is 0 Å². The van der Waals surface area contributed by atoms with Crippen LogP contribution in [-0.2, 0) is 9.53 Å². The van der Waals surface area contributed by atoms with Crippen molar-refractivity contribution in [2.45, 2.75) is 24.8 Å². The number of thioether (sulfide) groups is 1. The Morgan fingerprint density at radius 1 is 1.73 bits per heavy atom. The van der Waals surface area contributed by atoms with Gasteiger partial charge in [0.05, 0.1) is 0 Å². The molecule has 0 radical (unpaired) electrons. The lowest BCUT2D eigenvalue weighted by atomic mass is 10.4. The molecule has 15 heavy (non-hydrogen) atoms. The molecular weight excluding hydrogens is 216 g/mol. The molecule has 0 amide bonds. The van der Waals surface area contributed by atoms with E-state index in [9.17, 15) is 9.90 Å². The predicted molar refractivity (Wildman–Crippen MR) is 55.2 cm³/mol. The summed E-state index contributed by atoms with van der Waals surface area (Å²) in [5.41, 5.74) is 0.288. The molecule has 82 valence electrons. The van der Waals surface area contributed by atoms with Crippen molar-refractivity contribution in [3.8, 4) is 0 Å². The molecule has 1 heterocycles. The van der Waals surface area contributed by atoms with E-state index in [-0.39, 0.29) is 12.1 Å². The Morgan fingerprint density at radius 2 is 2.47 bits per heavy atom. The van der Waals surface area contributed by atoms with Crippen molar-refractivity contribution in [1.82, 2.24) is 9.97 Å². The molecule has 0 fully saturated rings. The summed E-state index contributed by atoms with van der Waals surface area (Å²) in [5.74, 6) is -0.466. The third-order valence-electron chi connectivity index (χ3n) is 1.62. The number of esters is 1. The number of aliphatic hydroxyl groups excluding tert-OH is 1. The van der Waals surface area contributed by atoms with Crippen molar-refractivity contribution >= 4 is 17.7 Å². The molecule has 6 heteroatoms. The molecular formula is C9H12N2O3S. The Hall–Kier alpha value is -1.14. The molecule has 0 aromatic carbocycles. The SMILES string of the molecule is CCC(=O)OC(O)c1ccnc(SC)n1. The standard InChI is InChI=1S/C9H12N2O3S/c1-3-7(12)14-8(13)6-4-5-10-9(11-6)15-2/h4-5,8,13H,3H2,1-2H3. The monoisotopic (exact) mass is 228 g/mol. The topological polar surface area (TPSA) is 72.3 Å². The Bertz CT molecular complexity index is 346. The number of carbonyl (C=O) groups is 1. The van der Waals surface area contributed by atoms with E-state index >= 15 is 0 Å². The minimum atomic E-state index is -1.31. The zero-order valence-electron chi connectivity index (χ0n) is 8.51. The van der Waals surface area contributed by atoms with Crippen molar-refractivity contribution in [3.63, 3.8) is 0 Å². The molecule has 0 saturated carbocycles. The van der Waals surface area contributed by atoms with Gasteiger partial charge < -0.3 is 9.84 Å². The summed E-state index contributed by atoms with van der Waals surface area (Å²) in [7, 11) is 0. The van der Waals surface area contributed by atoms with Crippen LogP contribution in [-0.4, -0.2) is 27.3 Å². The lowest BCUT2D eigenvalue weighted by molar-refractivity contribution is -0.169. The van der Waals surface area contributed by atoms with Crippen molar-refractivity contribution in [1.29, 1.82) is 0 Å². The molecule has 1 atom stereocenters. The van der Waals surface area contributed by atoms with Gasteiger partial charge in [0, 0.05) is 12.6 Å². The molecule has 0 aliphatic carbocycles. The first-order chi connectivity index (χ1) is 7.17. The summed E-state index contributed by atoms with van der Waals surface area (Å²) in [6.45, 7) is 1.66. The molecule has 0 aliphatic heterocycles. The first kappa shape index (κ1) is 11.9. The fraction of sp³-hybridized carbons (Fsp3) is 0.444. The van der Waals surface area contributed by atoms with E-state index in [2.05, 4.69) is 9.97 Å². The van der Waals surface area contributed by atoms with E-state index in [1.165, 1.54) is 24.0 Å². The molecule has 0 saturated heterocycles. The highest BCUT2D eigenvalue weighted by molar-refractivity contribution is 7.98.